The first-order chi connectivity index (χ1) is 28.2. The highest BCUT2D eigenvalue weighted by Crippen LogP contribution is 2.45. The number of aromatic nitrogens is 3. The van der Waals surface area contributed by atoms with Crippen molar-refractivity contribution >= 4 is 27.5 Å². The fourth-order valence-electron chi connectivity index (χ4n) is 7.59. The molecule has 0 saturated carbocycles. The van der Waals surface area contributed by atoms with Crippen molar-refractivity contribution in [2.24, 2.45) is 0 Å². The van der Waals surface area contributed by atoms with Crippen LogP contribution in [0.2, 0.25) is 0 Å². The predicted molar refractivity (Wildman–Crippen MR) is 224 cm³/mol. The predicted octanol–water partition coefficient (Wildman–Crippen LogP) is 13.7. The van der Waals surface area contributed by atoms with Gasteiger partial charge in [-0.2, -0.15) is 18.4 Å². The molecular weight excluding hydrogens is 728 g/mol. The van der Waals surface area contributed by atoms with E-state index in [2.05, 4.69) is 10.9 Å². The maximum absolute atomic E-state index is 14.2. The Morgan fingerprint density at radius 2 is 1.16 bits per heavy atom. The molecule has 7 aromatic carbocycles. The highest BCUT2D eigenvalue weighted by molar-refractivity contribution is 6.11. The first kappa shape index (κ1) is 35.9. The fraction of sp³-hybridized carbons (Fsp3) is 0.0400. The lowest BCUT2D eigenvalue weighted by Crippen LogP contribution is -2.05. The Balaban J connectivity index is 1.44. The van der Waals surface area contributed by atoms with Gasteiger partial charge in [0.05, 0.1) is 51.9 Å². The van der Waals surface area contributed by atoms with Crippen molar-refractivity contribution in [2.75, 3.05) is 0 Å². The van der Waals surface area contributed by atoms with Crippen molar-refractivity contribution in [1.29, 1.82) is 5.26 Å². The SMILES string of the molecule is [C-]#[N+]c1cccc(-c2cc(-c3nc(-c4ccccc4)cc(-c4ccccc4)n3)cc(-c3cccc(C#N)c3)c2-n2c3ccc(C)cc3c3cc(C(F)(F)F)ccc32)c1. The van der Waals surface area contributed by atoms with Crippen molar-refractivity contribution in [3.8, 4) is 67.9 Å². The standard InChI is InChI=1S/C50H30F3N5/c1-31-19-21-46-42(23-31)43-28-38(50(51,52)53)20-22-47(43)58(46)48-40(35-16-9-11-32(24-35)30-54)26-37(27-41(48)36-17-10-18-39(25-36)55-2)49-56-44(33-12-5-3-6-13-33)29-45(57-49)34-14-7-4-8-15-34/h3-29H,1H3. The number of nitriles is 1. The molecule has 0 amide bonds. The summed E-state index contributed by atoms with van der Waals surface area (Å²) < 4.78 is 44.7. The van der Waals surface area contributed by atoms with Crippen LogP contribution in [-0.2, 0) is 6.18 Å². The second-order valence-corrected chi connectivity index (χ2v) is 14.1. The van der Waals surface area contributed by atoms with Gasteiger partial charge in [-0.1, -0.05) is 103 Å². The van der Waals surface area contributed by atoms with Crippen LogP contribution in [-0.4, -0.2) is 14.5 Å². The van der Waals surface area contributed by atoms with E-state index in [1.54, 1.807) is 18.2 Å². The zero-order valence-corrected chi connectivity index (χ0v) is 31.0. The Bertz CT molecular complexity index is 3000. The number of hydrogen-bond acceptors (Lipinski definition) is 3. The molecule has 2 heterocycles. The van der Waals surface area contributed by atoms with Gasteiger partial charge in [0.15, 0.2) is 11.5 Å². The number of rotatable bonds is 6. The minimum atomic E-state index is -4.55. The summed E-state index contributed by atoms with van der Waals surface area (Å²) in [5.74, 6) is 0.444. The molecule has 58 heavy (non-hydrogen) atoms. The first-order valence-electron chi connectivity index (χ1n) is 18.5. The molecule has 0 spiro atoms. The van der Waals surface area contributed by atoms with E-state index in [0.717, 1.165) is 34.1 Å². The van der Waals surface area contributed by atoms with Crippen LogP contribution in [0, 0.1) is 24.8 Å². The Morgan fingerprint density at radius 1 is 0.586 bits per heavy atom. The fourth-order valence-corrected chi connectivity index (χ4v) is 7.59. The largest absolute Gasteiger partial charge is 0.416 e. The van der Waals surface area contributed by atoms with Gasteiger partial charge in [-0.05, 0) is 84.8 Å². The van der Waals surface area contributed by atoms with Gasteiger partial charge in [0.1, 0.15) is 0 Å². The summed E-state index contributed by atoms with van der Waals surface area (Å²) in [7, 11) is 0. The molecule has 0 saturated heterocycles. The van der Waals surface area contributed by atoms with E-state index in [0.29, 0.717) is 72.4 Å². The van der Waals surface area contributed by atoms with Gasteiger partial charge in [-0.15, -0.1) is 0 Å². The van der Waals surface area contributed by atoms with E-state index in [9.17, 15) is 18.4 Å². The number of hydrogen-bond donors (Lipinski definition) is 0. The molecule has 9 aromatic rings. The molecule has 0 aliphatic carbocycles. The molecule has 0 N–H and O–H groups in total. The highest BCUT2D eigenvalue weighted by Gasteiger charge is 2.32. The summed E-state index contributed by atoms with van der Waals surface area (Å²) in [6, 6.07) is 52.1. The van der Waals surface area contributed by atoms with Crippen LogP contribution in [0.15, 0.2) is 164 Å². The van der Waals surface area contributed by atoms with Gasteiger partial charge >= 0.3 is 6.18 Å². The molecule has 276 valence electrons. The van der Waals surface area contributed by atoms with Gasteiger partial charge in [-0.25, -0.2) is 14.8 Å². The Morgan fingerprint density at radius 3 is 1.76 bits per heavy atom. The molecule has 8 heteroatoms. The monoisotopic (exact) mass is 757 g/mol. The van der Waals surface area contributed by atoms with Crippen molar-refractivity contribution in [2.45, 2.75) is 13.1 Å². The van der Waals surface area contributed by atoms with E-state index in [4.69, 9.17) is 16.5 Å². The Kier molecular flexibility index (Phi) is 8.88. The highest BCUT2D eigenvalue weighted by atomic mass is 19.4. The van der Waals surface area contributed by atoms with Crippen molar-refractivity contribution in [3.05, 3.63) is 192 Å². The molecule has 0 aliphatic rings. The van der Waals surface area contributed by atoms with Crippen LogP contribution in [0.25, 0.3) is 88.5 Å². The van der Waals surface area contributed by atoms with E-state index >= 15 is 0 Å². The molecule has 2 aromatic heterocycles. The summed E-state index contributed by atoms with van der Waals surface area (Å²) in [6.45, 7) is 9.80. The summed E-state index contributed by atoms with van der Waals surface area (Å²) in [5, 5.41) is 11.2. The molecule has 0 atom stereocenters. The number of alkyl halides is 3. The smallest absolute Gasteiger partial charge is 0.308 e. The minimum absolute atomic E-state index is 0.420. The van der Waals surface area contributed by atoms with Crippen LogP contribution < -0.4 is 0 Å². The van der Waals surface area contributed by atoms with Crippen LogP contribution in [0.3, 0.4) is 0 Å². The van der Waals surface area contributed by atoms with Gasteiger partial charge in [-0.3, -0.25) is 0 Å². The lowest BCUT2D eigenvalue weighted by Gasteiger charge is -2.21. The molecule has 9 rings (SSSR count). The average Bonchev–Trinajstić information content (AvgIpc) is 3.58. The summed E-state index contributed by atoms with van der Waals surface area (Å²) in [5.41, 5.74) is 9.64. The quantitative estimate of drug-likeness (QED) is 0.159. The molecule has 0 bridgehead atoms. The Hall–Kier alpha value is -7.81. The molecule has 5 nitrogen and oxygen atoms in total. The summed E-state index contributed by atoms with van der Waals surface area (Å²) in [6.07, 6.45) is -4.55. The van der Waals surface area contributed by atoms with Gasteiger partial charge in [0.25, 0.3) is 0 Å². The third kappa shape index (κ3) is 6.53. The molecule has 0 radical (unpaired) electrons. The van der Waals surface area contributed by atoms with Gasteiger partial charge < -0.3 is 4.57 Å². The molecule has 0 aliphatic heterocycles. The zero-order valence-electron chi connectivity index (χ0n) is 31.0. The van der Waals surface area contributed by atoms with Crippen LogP contribution in [0.5, 0.6) is 0 Å². The minimum Gasteiger partial charge on any atom is -0.308 e. The van der Waals surface area contributed by atoms with E-state index in [1.165, 1.54) is 12.1 Å². The number of nitrogens with zero attached hydrogens (tertiary/aromatic N) is 5. The van der Waals surface area contributed by atoms with Crippen molar-refractivity contribution in [3.63, 3.8) is 0 Å². The average molecular weight is 758 g/mol. The first-order valence-corrected chi connectivity index (χ1v) is 18.5. The molecule has 0 fully saturated rings. The van der Waals surface area contributed by atoms with Gasteiger partial charge in [0, 0.05) is 38.6 Å². The Labute approximate surface area is 332 Å². The second kappa shape index (κ2) is 14.4. The van der Waals surface area contributed by atoms with Gasteiger partial charge in [0.2, 0.25) is 0 Å². The van der Waals surface area contributed by atoms with E-state index in [1.807, 2.05) is 139 Å². The summed E-state index contributed by atoms with van der Waals surface area (Å²) >= 11 is 0. The third-order valence-electron chi connectivity index (χ3n) is 10.3. The second-order valence-electron chi connectivity index (χ2n) is 14.1. The lowest BCUT2D eigenvalue weighted by molar-refractivity contribution is -0.137. The topological polar surface area (TPSA) is 58.9 Å². The number of aryl methyl sites for hydroxylation is 1. The normalized spacial score (nSPS) is 11.4. The van der Waals surface area contributed by atoms with Crippen LogP contribution >= 0.6 is 0 Å². The maximum atomic E-state index is 14.2. The number of benzene rings is 7. The lowest BCUT2D eigenvalue weighted by atomic mass is 9.91. The number of halogens is 3. The molecule has 0 unspecified atom stereocenters. The van der Waals surface area contributed by atoms with E-state index < -0.39 is 11.7 Å². The number of fused-ring (bicyclic) bond motifs is 3. The van der Waals surface area contributed by atoms with Crippen LogP contribution in [0.4, 0.5) is 18.9 Å². The van der Waals surface area contributed by atoms with Crippen molar-refractivity contribution in [1.82, 2.24) is 14.5 Å². The van der Waals surface area contributed by atoms with Crippen LogP contribution in [0.1, 0.15) is 16.7 Å². The maximum Gasteiger partial charge on any atom is 0.416 e. The molecular formula is C50H30F3N5. The zero-order chi connectivity index (χ0) is 40.0. The third-order valence-corrected chi connectivity index (χ3v) is 10.3. The van der Waals surface area contributed by atoms with E-state index in [-0.39, 0.29) is 0 Å². The van der Waals surface area contributed by atoms with Crippen molar-refractivity contribution < 1.29 is 13.2 Å². The summed E-state index contributed by atoms with van der Waals surface area (Å²) in [4.78, 5) is 14.0.